The van der Waals surface area contributed by atoms with Crippen molar-refractivity contribution in [3.63, 3.8) is 0 Å². The Morgan fingerprint density at radius 2 is 1.90 bits per heavy atom. The fraction of sp³-hybridized carbons (Fsp3) is 0.417. The first-order valence-electron chi connectivity index (χ1n) is 5.78. The lowest BCUT2D eigenvalue weighted by atomic mass is 10.1. The van der Waals surface area contributed by atoms with Gasteiger partial charge in [0.25, 0.3) is 0 Å². The molecule has 1 rings (SSSR count). The highest BCUT2D eigenvalue weighted by molar-refractivity contribution is 5.92. The molecule has 0 saturated carbocycles. The maximum atomic E-state index is 13.4. The summed E-state index contributed by atoms with van der Waals surface area (Å²) in [5, 5.41) is 15.6. The van der Waals surface area contributed by atoms with Crippen LogP contribution in [0.2, 0.25) is 0 Å². The standard InChI is InChI=1S/C12H15F2N3O3/c1-12(2,3)15-6-11(18)16-9-5-10(17(19)20)8(14)4-7(9)13/h4-5,15H,6H2,1-3H3,(H,16,18). The summed E-state index contributed by atoms with van der Waals surface area (Å²) >= 11 is 0. The summed E-state index contributed by atoms with van der Waals surface area (Å²) in [6.45, 7) is 5.41. The van der Waals surface area contributed by atoms with E-state index < -0.39 is 33.8 Å². The largest absolute Gasteiger partial charge is 0.322 e. The third kappa shape index (κ3) is 4.54. The van der Waals surface area contributed by atoms with Gasteiger partial charge in [-0.3, -0.25) is 14.9 Å². The van der Waals surface area contributed by atoms with Crippen LogP contribution in [0, 0.1) is 21.7 Å². The van der Waals surface area contributed by atoms with Gasteiger partial charge < -0.3 is 10.6 Å². The number of halogens is 2. The van der Waals surface area contributed by atoms with E-state index in [0.29, 0.717) is 12.1 Å². The van der Waals surface area contributed by atoms with Gasteiger partial charge in [0, 0.05) is 17.7 Å². The summed E-state index contributed by atoms with van der Waals surface area (Å²) in [4.78, 5) is 21.1. The van der Waals surface area contributed by atoms with Crippen molar-refractivity contribution in [3.05, 3.63) is 33.9 Å². The van der Waals surface area contributed by atoms with E-state index in [-0.39, 0.29) is 12.1 Å². The number of anilines is 1. The number of rotatable bonds is 4. The molecule has 0 fully saturated rings. The molecule has 0 heterocycles. The van der Waals surface area contributed by atoms with E-state index in [4.69, 9.17) is 0 Å². The zero-order valence-corrected chi connectivity index (χ0v) is 11.3. The number of nitro benzene ring substituents is 1. The molecule has 0 atom stereocenters. The SMILES string of the molecule is CC(C)(C)NCC(=O)Nc1cc([N+](=O)[O-])c(F)cc1F. The van der Waals surface area contributed by atoms with Gasteiger partial charge in [0.05, 0.1) is 17.2 Å². The van der Waals surface area contributed by atoms with Gasteiger partial charge in [-0.1, -0.05) is 0 Å². The fourth-order valence-electron chi connectivity index (χ4n) is 1.31. The number of carbonyl (C=O) groups excluding carboxylic acids is 1. The molecule has 1 aromatic rings. The predicted molar refractivity (Wildman–Crippen MR) is 69.4 cm³/mol. The van der Waals surface area contributed by atoms with Gasteiger partial charge in [0.2, 0.25) is 11.7 Å². The minimum absolute atomic E-state index is 0.103. The molecule has 8 heteroatoms. The van der Waals surface area contributed by atoms with Crippen molar-refractivity contribution >= 4 is 17.3 Å². The molecular formula is C12H15F2N3O3. The molecule has 0 aliphatic carbocycles. The van der Waals surface area contributed by atoms with Crippen molar-refractivity contribution in [3.8, 4) is 0 Å². The first-order valence-corrected chi connectivity index (χ1v) is 5.78. The Kier molecular flexibility index (Phi) is 4.72. The Labute approximate surface area is 114 Å². The Morgan fingerprint density at radius 3 is 2.40 bits per heavy atom. The van der Waals surface area contributed by atoms with E-state index in [2.05, 4.69) is 10.6 Å². The summed E-state index contributed by atoms with van der Waals surface area (Å²) in [5.74, 6) is -2.95. The van der Waals surface area contributed by atoms with Crippen molar-refractivity contribution in [2.24, 2.45) is 0 Å². The summed E-state index contributed by atoms with van der Waals surface area (Å²) in [7, 11) is 0. The maximum Gasteiger partial charge on any atom is 0.307 e. The molecule has 2 N–H and O–H groups in total. The Balaban J connectivity index is 2.85. The van der Waals surface area contributed by atoms with E-state index in [1.54, 1.807) is 0 Å². The number of hydrogen-bond donors (Lipinski definition) is 2. The molecule has 20 heavy (non-hydrogen) atoms. The average Bonchev–Trinajstić information content (AvgIpc) is 2.28. The molecule has 0 aliphatic heterocycles. The van der Waals surface area contributed by atoms with E-state index in [1.165, 1.54) is 0 Å². The molecular weight excluding hydrogens is 272 g/mol. The quantitative estimate of drug-likeness (QED) is 0.656. The second-order valence-corrected chi connectivity index (χ2v) is 5.19. The molecule has 0 bridgehead atoms. The van der Waals surface area contributed by atoms with Crippen molar-refractivity contribution in [1.29, 1.82) is 0 Å². The monoisotopic (exact) mass is 287 g/mol. The number of carbonyl (C=O) groups is 1. The van der Waals surface area contributed by atoms with Gasteiger partial charge in [0.15, 0.2) is 0 Å². The third-order valence-electron chi connectivity index (χ3n) is 2.29. The normalized spacial score (nSPS) is 11.2. The smallest absolute Gasteiger partial charge is 0.307 e. The molecule has 1 aromatic carbocycles. The van der Waals surface area contributed by atoms with Crippen molar-refractivity contribution in [2.75, 3.05) is 11.9 Å². The van der Waals surface area contributed by atoms with Gasteiger partial charge >= 0.3 is 5.69 Å². The zero-order valence-electron chi connectivity index (χ0n) is 11.3. The lowest BCUT2D eigenvalue weighted by Gasteiger charge is -2.20. The maximum absolute atomic E-state index is 13.4. The zero-order chi connectivity index (χ0) is 15.5. The Bertz CT molecular complexity index is 541. The number of nitro groups is 1. The summed E-state index contributed by atoms with van der Waals surface area (Å²) < 4.78 is 26.5. The van der Waals surface area contributed by atoms with Gasteiger partial charge in [0.1, 0.15) is 5.82 Å². The molecule has 6 nitrogen and oxygen atoms in total. The molecule has 110 valence electrons. The fourth-order valence-corrected chi connectivity index (χ4v) is 1.31. The highest BCUT2D eigenvalue weighted by Gasteiger charge is 2.20. The lowest BCUT2D eigenvalue weighted by molar-refractivity contribution is -0.387. The van der Waals surface area contributed by atoms with Gasteiger partial charge in [-0.2, -0.15) is 4.39 Å². The summed E-state index contributed by atoms with van der Waals surface area (Å²) in [5.41, 5.74) is -1.64. The molecule has 0 saturated heterocycles. The minimum Gasteiger partial charge on any atom is -0.322 e. The Morgan fingerprint density at radius 1 is 1.30 bits per heavy atom. The highest BCUT2D eigenvalue weighted by atomic mass is 19.1. The topological polar surface area (TPSA) is 84.3 Å². The number of benzene rings is 1. The molecule has 0 aromatic heterocycles. The minimum atomic E-state index is -1.29. The third-order valence-corrected chi connectivity index (χ3v) is 2.29. The van der Waals surface area contributed by atoms with Gasteiger partial charge in [-0.25, -0.2) is 4.39 Å². The second kappa shape index (κ2) is 5.91. The van der Waals surface area contributed by atoms with Crippen LogP contribution < -0.4 is 10.6 Å². The van der Waals surface area contributed by atoms with Gasteiger partial charge in [-0.15, -0.1) is 0 Å². The van der Waals surface area contributed by atoms with Crippen molar-refractivity contribution in [2.45, 2.75) is 26.3 Å². The van der Waals surface area contributed by atoms with E-state index in [9.17, 15) is 23.7 Å². The summed E-state index contributed by atoms with van der Waals surface area (Å²) in [6, 6.07) is 1.02. The average molecular weight is 287 g/mol. The number of nitrogens with one attached hydrogen (secondary N) is 2. The number of hydrogen-bond acceptors (Lipinski definition) is 4. The molecule has 0 radical (unpaired) electrons. The lowest BCUT2D eigenvalue weighted by Crippen LogP contribution is -2.41. The Hall–Kier alpha value is -2.09. The van der Waals surface area contributed by atoms with Crippen LogP contribution in [0.3, 0.4) is 0 Å². The number of nitrogens with zero attached hydrogens (tertiary/aromatic N) is 1. The van der Waals surface area contributed by atoms with Crippen LogP contribution in [0.5, 0.6) is 0 Å². The predicted octanol–water partition coefficient (Wildman–Crippen LogP) is 2.20. The molecule has 1 amide bonds. The van der Waals surface area contributed by atoms with Crippen LogP contribution in [0.4, 0.5) is 20.2 Å². The number of amides is 1. The van der Waals surface area contributed by atoms with E-state index in [0.717, 1.165) is 0 Å². The first-order chi connectivity index (χ1) is 9.10. The van der Waals surface area contributed by atoms with Gasteiger partial charge in [-0.05, 0) is 20.8 Å². The summed E-state index contributed by atoms with van der Waals surface area (Å²) in [6.07, 6.45) is 0. The van der Waals surface area contributed by atoms with Crippen LogP contribution in [0.1, 0.15) is 20.8 Å². The highest BCUT2D eigenvalue weighted by Crippen LogP contribution is 2.24. The van der Waals surface area contributed by atoms with Crippen LogP contribution in [0.25, 0.3) is 0 Å². The van der Waals surface area contributed by atoms with Crippen LogP contribution in [-0.4, -0.2) is 22.9 Å². The van der Waals surface area contributed by atoms with Crippen molar-refractivity contribution in [1.82, 2.24) is 5.32 Å². The second-order valence-electron chi connectivity index (χ2n) is 5.19. The van der Waals surface area contributed by atoms with Crippen molar-refractivity contribution < 1.29 is 18.5 Å². The van der Waals surface area contributed by atoms with Crippen LogP contribution in [-0.2, 0) is 4.79 Å². The van der Waals surface area contributed by atoms with E-state index >= 15 is 0 Å². The molecule has 0 unspecified atom stereocenters. The van der Waals surface area contributed by atoms with E-state index in [1.807, 2.05) is 20.8 Å². The molecule has 0 aliphatic rings. The molecule has 0 spiro atoms. The van der Waals surface area contributed by atoms with Crippen LogP contribution >= 0.6 is 0 Å². The van der Waals surface area contributed by atoms with Crippen LogP contribution in [0.15, 0.2) is 12.1 Å². The first kappa shape index (κ1) is 16.0.